The molecule has 0 saturated heterocycles. The summed E-state index contributed by atoms with van der Waals surface area (Å²) < 4.78 is 0. The molecule has 0 fully saturated rings. The smallest absolute Gasteiger partial charge is 0.106 e. The van der Waals surface area contributed by atoms with Gasteiger partial charge in [0.1, 0.15) is 6.10 Å². The van der Waals surface area contributed by atoms with Crippen LogP contribution < -0.4 is 5.32 Å². The van der Waals surface area contributed by atoms with Gasteiger partial charge in [0.05, 0.1) is 6.10 Å². The highest BCUT2D eigenvalue weighted by molar-refractivity contribution is 5.18. The Kier molecular flexibility index (Phi) is 5.04. The molecule has 0 amide bonds. The summed E-state index contributed by atoms with van der Waals surface area (Å²) in [5.41, 5.74) is 0.727. The SMILES string of the molecule is C=CCNCC(O)C(O)c1ccccc1. The summed E-state index contributed by atoms with van der Waals surface area (Å²) in [6, 6.07) is 9.13. The molecular weight excluding hydrogens is 190 g/mol. The number of aliphatic hydroxyl groups is 2. The summed E-state index contributed by atoms with van der Waals surface area (Å²) >= 11 is 0. The molecule has 15 heavy (non-hydrogen) atoms. The molecule has 0 aliphatic carbocycles. The van der Waals surface area contributed by atoms with Gasteiger partial charge in [-0.3, -0.25) is 0 Å². The minimum atomic E-state index is -0.844. The van der Waals surface area contributed by atoms with E-state index in [1.807, 2.05) is 18.2 Å². The molecule has 1 aromatic carbocycles. The second-order valence-electron chi connectivity index (χ2n) is 3.37. The fraction of sp³-hybridized carbons (Fsp3) is 0.333. The average molecular weight is 207 g/mol. The van der Waals surface area contributed by atoms with Gasteiger partial charge in [-0.15, -0.1) is 6.58 Å². The molecule has 2 atom stereocenters. The van der Waals surface area contributed by atoms with Crippen molar-refractivity contribution in [3.05, 3.63) is 48.6 Å². The highest BCUT2D eigenvalue weighted by Crippen LogP contribution is 2.15. The first-order valence-electron chi connectivity index (χ1n) is 4.98. The fourth-order valence-corrected chi connectivity index (χ4v) is 1.32. The van der Waals surface area contributed by atoms with Crippen LogP contribution in [0.2, 0.25) is 0 Å². The van der Waals surface area contributed by atoms with Crippen LogP contribution in [0.3, 0.4) is 0 Å². The zero-order chi connectivity index (χ0) is 11.1. The van der Waals surface area contributed by atoms with Crippen molar-refractivity contribution in [3.8, 4) is 0 Å². The predicted octanol–water partition coefficient (Wildman–Crippen LogP) is 0.856. The highest BCUT2D eigenvalue weighted by atomic mass is 16.3. The number of benzene rings is 1. The molecule has 3 heteroatoms. The van der Waals surface area contributed by atoms with E-state index in [9.17, 15) is 10.2 Å². The van der Waals surface area contributed by atoms with Crippen molar-refractivity contribution in [1.29, 1.82) is 0 Å². The zero-order valence-electron chi connectivity index (χ0n) is 8.63. The lowest BCUT2D eigenvalue weighted by Gasteiger charge is -2.18. The van der Waals surface area contributed by atoms with Crippen LogP contribution in [-0.2, 0) is 0 Å². The molecule has 82 valence electrons. The summed E-state index contributed by atoms with van der Waals surface area (Å²) in [7, 11) is 0. The molecule has 0 radical (unpaired) electrons. The largest absolute Gasteiger partial charge is 0.389 e. The van der Waals surface area contributed by atoms with Crippen molar-refractivity contribution in [2.75, 3.05) is 13.1 Å². The number of rotatable bonds is 6. The topological polar surface area (TPSA) is 52.5 Å². The van der Waals surface area contributed by atoms with Crippen LogP contribution in [-0.4, -0.2) is 29.4 Å². The molecule has 0 spiro atoms. The number of hydrogen-bond acceptors (Lipinski definition) is 3. The van der Waals surface area contributed by atoms with Gasteiger partial charge in [-0.05, 0) is 5.56 Å². The summed E-state index contributed by atoms with van der Waals surface area (Å²) in [4.78, 5) is 0. The third kappa shape index (κ3) is 3.83. The molecule has 3 N–H and O–H groups in total. The Balaban J connectivity index is 2.45. The summed E-state index contributed by atoms with van der Waals surface area (Å²) in [6.45, 7) is 4.53. The summed E-state index contributed by atoms with van der Waals surface area (Å²) in [6.07, 6.45) is 0.0672. The Labute approximate surface area is 90.1 Å². The molecule has 3 nitrogen and oxygen atoms in total. The maximum Gasteiger partial charge on any atom is 0.106 e. The number of aliphatic hydroxyl groups excluding tert-OH is 2. The Hall–Kier alpha value is -1.16. The molecule has 0 bridgehead atoms. The van der Waals surface area contributed by atoms with E-state index in [2.05, 4.69) is 11.9 Å². The van der Waals surface area contributed by atoms with Crippen LogP contribution in [0.1, 0.15) is 11.7 Å². The Morgan fingerprint density at radius 1 is 1.27 bits per heavy atom. The lowest BCUT2D eigenvalue weighted by atomic mass is 10.0. The molecule has 0 aliphatic heterocycles. The second-order valence-corrected chi connectivity index (χ2v) is 3.37. The Morgan fingerprint density at radius 2 is 1.93 bits per heavy atom. The van der Waals surface area contributed by atoms with E-state index < -0.39 is 12.2 Å². The highest BCUT2D eigenvalue weighted by Gasteiger charge is 2.16. The van der Waals surface area contributed by atoms with Crippen LogP contribution in [0, 0.1) is 0 Å². The number of hydrogen-bond donors (Lipinski definition) is 3. The second kappa shape index (κ2) is 6.35. The third-order valence-corrected chi connectivity index (χ3v) is 2.15. The van der Waals surface area contributed by atoms with E-state index in [4.69, 9.17) is 0 Å². The van der Waals surface area contributed by atoms with Gasteiger partial charge >= 0.3 is 0 Å². The van der Waals surface area contributed by atoms with Crippen molar-refractivity contribution in [2.45, 2.75) is 12.2 Å². The lowest BCUT2D eigenvalue weighted by Crippen LogP contribution is -2.31. The van der Waals surface area contributed by atoms with Crippen molar-refractivity contribution >= 4 is 0 Å². The van der Waals surface area contributed by atoms with Crippen LogP contribution in [0.25, 0.3) is 0 Å². The molecular formula is C12H17NO2. The first kappa shape index (κ1) is 11.9. The fourth-order valence-electron chi connectivity index (χ4n) is 1.32. The summed E-state index contributed by atoms with van der Waals surface area (Å²) in [5, 5.41) is 22.4. The van der Waals surface area contributed by atoms with Crippen LogP contribution in [0.15, 0.2) is 43.0 Å². The van der Waals surface area contributed by atoms with E-state index in [0.29, 0.717) is 13.1 Å². The maximum atomic E-state index is 9.77. The third-order valence-electron chi connectivity index (χ3n) is 2.15. The number of nitrogens with one attached hydrogen (secondary N) is 1. The van der Waals surface area contributed by atoms with Crippen molar-refractivity contribution < 1.29 is 10.2 Å². The molecule has 0 saturated carbocycles. The van der Waals surface area contributed by atoms with Crippen molar-refractivity contribution in [1.82, 2.24) is 5.32 Å². The molecule has 0 aliphatic rings. The quantitative estimate of drug-likeness (QED) is 0.479. The van der Waals surface area contributed by atoms with Gasteiger partial charge in [0.15, 0.2) is 0 Å². The van der Waals surface area contributed by atoms with Gasteiger partial charge in [-0.1, -0.05) is 36.4 Å². The van der Waals surface area contributed by atoms with Crippen molar-refractivity contribution in [3.63, 3.8) is 0 Å². The molecule has 1 rings (SSSR count). The van der Waals surface area contributed by atoms with Gasteiger partial charge in [-0.25, -0.2) is 0 Å². The van der Waals surface area contributed by atoms with E-state index in [1.54, 1.807) is 18.2 Å². The van der Waals surface area contributed by atoms with Gasteiger partial charge in [0.25, 0.3) is 0 Å². The van der Waals surface area contributed by atoms with Crippen LogP contribution in [0.4, 0.5) is 0 Å². The maximum absolute atomic E-state index is 9.77. The normalized spacial score (nSPS) is 14.5. The van der Waals surface area contributed by atoms with Crippen molar-refractivity contribution in [2.24, 2.45) is 0 Å². The first-order chi connectivity index (χ1) is 7.25. The standard InChI is InChI=1S/C12H17NO2/c1-2-8-13-9-11(14)12(15)10-6-4-3-5-7-10/h2-7,11-15H,1,8-9H2. The predicted molar refractivity (Wildman–Crippen MR) is 60.5 cm³/mol. The average Bonchev–Trinajstić information content (AvgIpc) is 2.29. The Bertz CT molecular complexity index is 287. The van der Waals surface area contributed by atoms with Crippen LogP contribution >= 0.6 is 0 Å². The van der Waals surface area contributed by atoms with Gasteiger partial charge in [-0.2, -0.15) is 0 Å². The summed E-state index contributed by atoms with van der Waals surface area (Å²) in [5.74, 6) is 0. The molecule has 1 aromatic rings. The molecule has 2 unspecified atom stereocenters. The molecule has 0 heterocycles. The zero-order valence-corrected chi connectivity index (χ0v) is 8.63. The van der Waals surface area contributed by atoms with E-state index in [-0.39, 0.29) is 0 Å². The van der Waals surface area contributed by atoms with E-state index in [0.717, 1.165) is 5.56 Å². The van der Waals surface area contributed by atoms with Crippen LogP contribution in [0.5, 0.6) is 0 Å². The minimum Gasteiger partial charge on any atom is -0.389 e. The first-order valence-corrected chi connectivity index (χ1v) is 4.98. The van der Waals surface area contributed by atoms with Gasteiger partial charge < -0.3 is 15.5 Å². The lowest BCUT2D eigenvalue weighted by molar-refractivity contribution is 0.0197. The van der Waals surface area contributed by atoms with Gasteiger partial charge in [0.2, 0.25) is 0 Å². The van der Waals surface area contributed by atoms with E-state index >= 15 is 0 Å². The molecule has 0 aromatic heterocycles. The minimum absolute atomic E-state index is 0.349. The van der Waals surface area contributed by atoms with E-state index in [1.165, 1.54) is 0 Å². The monoisotopic (exact) mass is 207 g/mol. The Morgan fingerprint density at radius 3 is 2.53 bits per heavy atom. The van der Waals surface area contributed by atoms with Gasteiger partial charge in [0, 0.05) is 13.1 Å².